The third-order valence-electron chi connectivity index (χ3n) is 5.66. The smallest absolute Gasteiger partial charge is 0.337 e. The molecule has 2 aromatic carbocycles. The van der Waals surface area contributed by atoms with Gasteiger partial charge < -0.3 is 19.5 Å². The summed E-state index contributed by atoms with van der Waals surface area (Å²) < 4.78 is 35.3. The second-order valence-electron chi connectivity index (χ2n) is 7.91. The van der Waals surface area contributed by atoms with Crippen LogP contribution in [0.15, 0.2) is 53.5 Å². The van der Waals surface area contributed by atoms with E-state index in [4.69, 9.17) is 27.9 Å². The molecule has 3 aromatic rings. The number of halogens is 4. The van der Waals surface area contributed by atoms with Crippen molar-refractivity contribution in [2.75, 3.05) is 0 Å². The lowest BCUT2D eigenvalue weighted by Gasteiger charge is -2.35. The number of aromatic nitrogens is 1. The molecule has 0 bridgehead atoms. The Bertz CT molecular complexity index is 1280. The molecule has 0 saturated heterocycles. The number of benzene rings is 2. The Kier molecular flexibility index (Phi) is 7.35. The lowest BCUT2D eigenvalue weighted by atomic mass is 9.78. The minimum Gasteiger partial charge on any atom is -0.478 e. The summed E-state index contributed by atoms with van der Waals surface area (Å²) in [5, 5.41) is 20.4. The van der Waals surface area contributed by atoms with Gasteiger partial charge >= 0.3 is 5.97 Å². The Morgan fingerprint density at radius 3 is 2.26 bits per heavy atom. The molecule has 2 unspecified atom stereocenters. The molecule has 2 atom stereocenters. The summed E-state index contributed by atoms with van der Waals surface area (Å²) in [6.45, 7) is 2.89. The van der Waals surface area contributed by atoms with Gasteiger partial charge in [0.25, 0.3) is 12.0 Å². The maximum atomic E-state index is 14.2. The molecule has 0 fully saturated rings. The Balaban J connectivity index is 1.97. The molecule has 0 amide bonds. The highest BCUT2D eigenvalue weighted by Gasteiger charge is 2.46. The molecule has 6 nitrogen and oxygen atoms in total. The molecule has 1 heterocycles. The number of carboxylic acids is 1. The molecular weight excluding hydrogens is 491 g/mol. The number of alkyl halides is 2. The van der Waals surface area contributed by atoms with Gasteiger partial charge in [0.1, 0.15) is 11.5 Å². The fourth-order valence-electron chi connectivity index (χ4n) is 3.69. The minimum atomic E-state index is -3.19. The van der Waals surface area contributed by atoms with E-state index in [9.17, 15) is 28.6 Å². The number of pyridine rings is 1. The Labute approximate surface area is 203 Å². The highest BCUT2D eigenvalue weighted by molar-refractivity contribution is 6.33. The highest BCUT2D eigenvalue weighted by Crippen LogP contribution is 2.44. The summed E-state index contributed by atoms with van der Waals surface area (Å²) in [7, 11) is 1.42. The Morgan fingerprint density at radius 2 is 1.71 bits per heavy atom. The van der Waals surface area contributed by atoms with Gasteiger partial charge in [-0.1, -0.05) is 36.2 Å². The maximum Gasteiger partial charge on any atom is 0.337 e. The number of carbonyl (C=O) groups is 1. The molecule has 180 valence electrons. The van der Waals surface area contributed by atoms with Crippen molar-refractivity contribution in [3.8, 4) is 11.5 Å². The molecule has 0 saturated carbocycles. The van der Waals surface area contributed by atoms with Gasteiger partial charge in [0, 0.05) is 35.3 Å². The largest absolute Gasteiger partial charge is 0.478 e. The van der Waals surface area contributed by atoms with E-state index in [2.05, 4.69) is 0 Å². The van der Waals surface area contributed by atoms with Crippen molar-refractivity contribution in [3.63, 3.8) is 0 Å². The Morgan fingerprint density at radius 1 is 1.09 bits per heavy atom. The zero-order valence-electron chi connectivity index (χ0n) is 18.4. The number of hydrogen-bond acceptors (Lipinski definition) is 4. The predicted octanol–water partition coefficient (Wildman–Crippen LogP) is 5.75. The van der Waals surface area contributed by atoms with Crippen molar-refractivity contribution in [2.24, 2.45) is 7.05 Å². The molecule has 10 heteroatoms. The van der Waals surface area contributed by atoms with Crippen LogP contribution in [0.2, 0.25) is 10.0 Å². The first-order valence-electron chi connectivity index (χ1n) is 10.0. The monoisotopic (exact) mass is 511 g/mol. The normalized spacial score (nSPS) is 14.0. The van der Waals surface area contributed by atoms with Crippen LogP contribution in [0.3, 0.4) is 0 Å². The van der Waals surface area contributed by atoms with E-state index in [1.807, 2.05) is 0 Å². The lowest BCUT2D eigenvalue weighted by molar-refractivity contribution is -0.117. The summed E-state index contributed by atoms with van der Waals surface area (Å²) in [6.07, 6.45) is -2.00. The Hall–Kier alpha value is -2.94. The zero-order chi connectivity index (χ0) is 25.4. The van der Waals surface area contributed by atoms with Gasteiger partial charge in [-0.05, 0) is 48.9 Å². The van der Waals surface area contributed by atoms with E-state index in [0.717, 1.165) is 4.57 Å². The summed E-state index contributed by atoms with van der Waals surface area (Å²) in [5.41, 5.74) is -2.82. The first kappa shape index (κ1) is 25.7. The highest BCUT2D eigenvalue weighted by atomic mass is 35.5. The first-order chi connectivity index (χ1) is 15.9. The van der Waals surface area contributed by atoms with E-state index in [0.29, 0.717) is 0 Å². The van der Waals surface area contributed by atoms with Crippen LogP contribution in [-0.2, 0) is 12.6 Å². The first-order valence-corrected chi connectivity index (χ1v) is 10.8. The third kappa shape index (κ3) is 4.80. The van der Waals surface area contributed by atoms with Crippen molar-refractivity contribution in [1.82, 2.24) is 4.57 Å². The summed E-state index contributed by atoms with van der Waals surface area (Å²) >= 11 is 12.2. The molecule has 1 aromatic heterocycles. The number of aliphatic hydroxyl groups is 1. The van der Waals surface area contributed by atoms with Gasteiger partial charge in [0.2, 0.25) is 0 Å². The van der Waals surface area contributed by atoms with Crippen molar-refractivity contribution < 1.29 is 28.5 Å². The molecule has 0 aliphatic heterocycles. The molecule has 3 rings (SSSR count). The van der Waals surface area contributed by atoms with Gasteiger partial charge in [-0.25, -0.2) is 13.6 Å². The fourth-order valence-corrected chi connectivity index (χ4v) is 4.22. The summed E-state index contributed by atoms with van der Waals surface area (Å²) in [6, 6.07) is 9.61. The molecule has 0 aliphatic rings. The maximum absolute atomic E-state index is 14.2. The summed E-state index contributed by atoms with van der Waals surface area (Å²) in [5.74, 6) is -1.99. The number of rotatable bonds is 7. The van der Waals surface area contributed by atoms with Crippen LogP contribution in [0.5, 0.6) is 11.5 Å². The van der Waals surface area contributed by atoms with Gasteiger partial charge in [0.15, 0.2) is 5.60 Å². The standard InChI is InChI=1S/C24H21Cl2F2NO5/c1-12-8-14(11-29(3)21(12)30)24(33,23(27)28)13(2)17-6-4-16(10-20(17)26)34-15-5-7-19(25)18(9-15)22(31)32/h4-11,13,23,33H,1-3H3,(H,31,32). The number of ether oxygens (including phenoxy) is 1. The number of nitrogens with zero attached hydrogens (tertiary/aromatic N) is 1. The minimum absolute atomic E-state index is 0.0435. The van der Waals surface area contributed by atoms with Crippen LogP contribution in [0.1, 0.15) is 39.9 Å². The summed E-state index contributed by atoms with van der Waals surface area (Å²) in [4.78, 5) is 23.3. The van der Waals surface area contributed by atoms with Crippen LogP contribution >= 0.6 is 23.2 Å². The topological polar surface area (TPSA) is 88.8 Å². The van der Waals surface area contributed by atoms with Crippen molar-refractivity contribution in [2.45, 2.75) is 31.8 Å². The fraction of sp³-hybridized carbons (Fsp3) is 0.250. The van der Waals surface area contributed by atoms with Gasteiger partial charge in [-0.2, -0.15) is 0 Å². The van der Waals surface area contributed by atoms with E-state index < -0.39 is 23.9 Å². The average Bonchev–Trinajstić information content (AvgIpc) is 2.77. The molecule has 0 radical (unpaired) electrons. The number of carboxylic acid groups (broad SMARTS) is 1. The van der Waals surface area contributed by atoms with Crippen molar-refractivity contribution >= 4 is 29.2 Å². The van der Waals surface area contributed by atoms with E-state index >= 15 is 0 Å². The number of hydrogen-bond donors (Lipinski definition) is 2. The number of aromatic carboxylic acids is 1. The van der Waals surface area contributed by atoms with E-state index in [1.54, 1.807) is 0 Å². The zero-order valence-corrected chi connectivity index (χ0v) is 19.9. The van der Waals surface area contributed by atoms with Crippen molar-refractivity contribution in [1.29, 1.82) is 0 Å². The van der Waals surface area contributed by atoms with Crippen LogP contribution in [-0.4, -0.2) is 27.2 Å². The van der Waals surface area contributed by atoms with Gasteiger partial charge in [-0.3, -0.25) is 4.79 Å². The second kappa shape index (κ2) is 9.74. The third-order valence-corrected chi connectivity index (χ3v) is 6.32. The van der Waals surface area contributed by atoms with E-state index in [1.165, 1.54) is 69.6 Å². The number of aryl methyl sites for hydroxylation is 2. The van der Waals surface area contributed by atoms with Crippen LogP contribution in [0.4, 0.5) is 8.78 Å². The van der Waals surface area contributed by atoms with Crippen molar-refractivity contribution in [3.05, 3.63) is 91.3 Å². The molecular formula is C24H21Cl2F2NO5. The van der Waals surface area contributed by atoms with Crippen LogP contribution < -0.4 is 10.3 Å². The SMILES string of the molecule is Cc1cc(C(O)(C(F)F)C(C)c2ccc(Oc3ccc(Cl)c(C(=O)O)c3)cc2Cl)cn(C)c1=O. The van der Waals surface area contributed by atoms with Gasteiger partial charge in [-0.15, -0.1) is 0 Å². The average molecular weight is 512 g/mol. The van der Waals surface area contributed by atoms with Gasteiger partial charge in [0.05, 0.1) is 10.6 Å². The molecule has 2 N–H and O–H groups in total. The molecule has 0 spiro atoms. The second-order valence-corrected chi connectivity index (χ2v) is 8.72. The molecule has 34 heavy (non-hydrogen) atoms. The van der Waals surface area contributed by atoms with Crippen LogP contribution in [0.25, 0.3) is 0 Å². The predicted molar refractivity (Wildman–Crippen MR) is 125 cm³/mol. The van der Waals surface area contributed by atoms with Crippen LogP contribution in [0, 0.1) is 6.92 Å². The van der Waals surface area contributed by atoms with E-state index in [-0.39, 0.29) is 49.4 Å². The lowest BCUT2D eigenvalue weighted by Crippen LogP contribution is -2.41. The molecule has 0 aliphatic carbocycles. The quantitative estimate of drug-likeness (QED) is 0.421.